The highest BCUT2D eigenvalue weighted by molar-refractivity contribution is 7.13. The van der Waals surface area contributed by atoms with Gasteiger partial charge in [0.05, 0.1) is 0 Å². The molecule has 0 fully saturated rings. The fourth-order valence-corrected chi connectivity index (χ4v) is 8.05. The van der Waals surface area contributed by atoms with E-state index in [0.29, 0.717) is 0 Å². The average Bonchev–Trinajstić information content (AvgIpc) is 3.91. The molecule has 2 heterocycles. The summed E-state index contributed by atoms with van der Waals surface area (Å²) in [7, 11) is 0. The second kappa shape index (κ2) is 12.2. The molecule has 0 bridgehead atoms. The van der Waals surface area contributed by atoms with Crippen molar-refractivity contribution in [1.29, 1.82) is 0 Å². The zero-order chi connectivity index (χ0) is 31.9. The molecule has 2 nitrogen and oxygen atoms in total. The van der Waals surface area contributed by atoms with Gasteiger partial charge >= 0.3 is 0 Å². The van der Waals surface area contributed by atoms with Crippen molar-refractivity contribution < 1.29 is 0 Å². The summed E-state index contributed by atoms with van der Waals surface area (Å²) in [5, 5.41) is 11.1. The van der Waals surface area contributed by atoms with Crippen molar-refractivity contribution >= 4 is 44.2 Å². The highest BCUT2D eigenvalue weighted by atomic mass is 32.1. The molecule has 0 radical (unpaired) electrons. The smallest absolute Gasteiger partial charge is 0.123 e. The Morgan fingerprint density at radius 1 is 0.312 bits per heavy atom. The Morgan fingerprint density at radius 3 is 1.23 bits per heavy atom. The SMILES string of the molecule is c1ccc(-c2ccc(-c3ccc4c(-c5ccc(-c6nccs6)cc5)c5ccccc5c(-c5ccc(-c6nccs6)cc5)c4c3)cc2)cc1. The Bertz CT molecular complexity index is 2500. The van der Waals surface area contributed by atoms with Crippen LogP contribution in [0.15, 0.2) is 169 Å². The lowest BCUT2D eigenvalue weighted by molar-refractivity contribution is 1.41. The van der Waals surface area contributed by atoms with Crippen LogP contribution in [0.1, 0.15) is 0 Å². The summed E-state index contributed by atoms with van der Waals surface area (Å²) in [5.74, 6) is 0. The van der Waals surface area contributed by atoms with Crippen molar-refractivity contribution in [3.63, 3.8) is 0 Å². The van der Waals surface area contributed by atoms with E-state index < -0.39 is 0 Å². The summed E-state index contributed by atoms with van der Waals surface area (Å²) in [6.07, 6.45) is 3.73. The molecule has 226 valence electrons. The van der Waals surface area contributed by atoms with E-state index in [1.165, 1.54) is 66.1 Å². The third kappa shape index (κ3) is 5.12. The molecule has 9 rings (SSSR count). The maximum absolute atomic E-state index is 4.54. The number of rotatable bonds is 6. The van der Waals surface area contributed by atoms with Crippen LogP contribution in [0.4, 0.5) is 0 Å². The average molecular weight is 649 g/mol. The van der Waals surface area contributed by atoms with Crippen LogP contribution < -0.4 is 0 Å². The van der Waals surface area contributed by atoms with Gasteiger partial charge in [0.1, 0.15) is 10.0 Å². The van der Waals surface area contributed by atoms with E-state index in [4.69, 9.17) is 0 Å². The number of hydrogen-bond acceptors (Lipinski definition) is 4. The van der Waals surface area contributed by atoms with Gasteiger partial charge in [0.2, 0.25) is 0 Å². The molecule has 0 saturated carbocycles. The molecule has 0 atom stereocenters. The molecule has 0 amide bonds. The van der Waals surface area contributed by atoms with Crippen LogP contribution in [0.2, 0.25) is 0 Å². The Hall–Kier alpha value is -5.68. The summed E-state index contributed by atoms with van der Waals surface area (Å²) in [6, 6.07) is 53.1. The van der Waals surface area contributed by atoms with Gasteiger partial charge in [0.25, 0.3) is 0 Å². The second-order valence-electron chi connectivity index (χ2n) is 11.8. The molecule has 9 aromatic rings. The first-order chi connectivity index (χ1) is 23.8. The zero-order valence-electron chi connectivity index (χ0n) is 25.9. The molecule has 0 spiro atoms. The Kier molecular flexibility index (Phi) is 7.23. The van der Waals surface area contributed by atoms with Gasteiger partial charge in [-0.3, -0.25) is 0 Å². The van der Waals surface area contributed by atoms with E-state index in [1.54, 1.807) is 22.7 Å². The predicted molar refractivity (Wildman–Crippen MR) is 205 cm³/mol. The quantitative estimate of drug-likeness (QED) is 0.168. The van der Waals surface area contributed by atoms with Crippen molar-refractivity contribution in [2.45, 2.75) is 0 Å². The summed E-state index contributed by atoms with van der Waals surface area (Å²) in [5.41, 5.74) is 12.0. The highest BCUT2D eigenvalue weighted by Gasteiger charge is 2.18. The lowest BCUT2D eigenvalue weighted by Gasteiger charge is -2.19. The zero-order valence-corrected chi connectivity index (χ0v) is 27.5. The molecule has 0 N–H and O–H groups in total. The van der Waals surface area contributed by atoms with E-state index in [9.17, 15) is 0 Å². The summed E-state index contributed by atoms with van der Waals surface area (Å²) in [6.45, 7) is 0. The first-order valence-corrected chi connectivity index (χ1v) is 17.7. The van der Waals surface area contributed by atoms with Crippen LogP contribution in [0.3, 0.4) is 0 Å². The van der Waals surface area contributed by atoms with E-state index >= 15 is 0 Å². The maximum Gasteiger partial charge on any atom is 0.123 e. The molecule has 0 aliphatic rings. The minimum atomic E-state index is 1.04. The summed E-state index contributed by atoms with van der Waals surface area (Å²) >= 11 is 3.33. The van der Waals surface area contributed by atoms with Crippen LogP contribution >= 0.6 is 22.7 Å². The van der Waals surface area contributed by atoms with Gasteiger partial charge in [-0.1, -0.05) is 140 Å². The number of fused-ring (bicyclic) bond motifs is 2. The van der Waals surface area contributed by atoms with Crippen molar-refractivity contribution in [3.8, 4) is 65.6 Å². The summed E-state index contributed by atoms with van der Waals surface area (Å²) in [4.78, 5) is 9.07. The normalized spacial score (nSPS) is 11.3. The first-order valence-electron chi connectivity index (χ1n) is 16.0. The van der Waals surface area contributed by atoms with Crippen molar-refractivity contribution in [1.82, 2.24) is 9.97 Å². The van der Waals surface area contributed by atoms with Crippen molar-refractivity contribution in [3.05, 3.63) is 169 Å². The topological polar surface area (TPSA) is 25.8 Å². The van der Waals surface area contributed by atoms with Gasteiger partial charge in [0, 0.05) is 34.3 Å². The van der Waals surface area contributed by atoms with Crippen LogP contribution in [-0.2, 0) is 0 Å². The molecule has 2 aromatic heterocycles. The molecule has 4 heteroatoms. The molecule has 0 saturated heterocycles. The van der Waals surface area contributed by atoms with Gasteiger partial charge in [-0.25, -0.2) is 9.97 Å². The highest BCUT2D eigenvalue weighted by Crippen LogP contribution is 2.45. The molecule has 48 heavy (non-hydrogen) atoms. The molecular weight excluding hydrogens is 621 g/mol. The van der Waals surface area contributed by atoms with Gasteiger partial charge < -0.3 is 0 Å². The third-order valence-corrected chi connectivity index (χ3v) is 10.7. The Morgan fingerprint density at radius 2 is 0.708 bits per heavy atom. The van der Waals surface area contributed by atoms with Crippen molar-refractivity contribution in [2.75, 3.05) is 0 Å². The van der Waals surface area contributed by atoms with E-state index in [2.05, 4.69) is 156 Å². The molecular formula is C44H28N2S2. The van der Waals surface area contributed by atoms with Gasteiger partial charge in [-0.2, -0.15) is 0 Å². The second-order valence-corrected chi connectivity index (χ2v) is 13.6. The Labute approximate surface area is 287 Å². The monoisotopic (exact) mass is 648 g/mol. The fourth-order valence-electron chi connectivity index (χ4n) is 6.76. The molecule has 7 aromatic carbocycles. The predicted octanol–water partition coefficient (Wildman–Crippen LogP) is 12.9. The standard InChI is InChI=1S/C44H28N2S2/c1-2-6-29(7-3-1)30-10-12-31(13-11-30)36-22-23-39-40(28-36)42(33-16-20-35(21-17-33)44-46-25-27-48-44)38-9-5-4-8-37(38)41(39)32-14-18-34(19-15-32)43-45-24-26-47-43/h1-28H. The van der Waals surface area contributed by atoms with Crippen LogP contribution in [0.25, 0.3) is 87.2 Å². The largest absolute Gasteiger partial charge is 0.245 e. The van der Waals surface area contributed by atoms with E-state index in [-0.39, 0.29) is 0 Å². The number of benzene rings is 7. The van der Waals surface area contributed by atoms with Crippen LogP contribution in [-0.4, -0.2) is 9.97 Å². The minimum absolute atomic E-state index is 1.04. The third-order valence-electron chi connectivity index (χ3n) is 9.06. The lowest BCUT2D eigenvalue weighted by atomic mass is 9.84. The lowest BCUT2D eigenvalue weighted by Crippen LogP contribution is -1.92. The van der Waals surface area contributed by atoms with Gasteiger partial charge in [-0.15, -0.1) is 22.7 Å². The van der Waals surface area contributed by atoms with Crippen molar-refractivity contribution in [2.24, 2.45) is 0 Å². The Balaban J connectivity index is 1.26. The summed E-state index contributed by atoms with van der Waals surface area (Å²) < 4.78 is 0. The number of nitrogens with zero attached hydrogens (tertiary/aromatic N) is 2. The number of aromatic nitrogens is 2. The van der Waals surface area contributed by atoms with Crippen LogP contribution in [0, 0.1) is 0 Å². The first kappa shape index (κ1) is 28.5. The molecule has 0 aliphatic heterocycles. The number of hydrogen-bond donors (Lipinski definition) is 0. The maximum atomic E-state index is 4.54. The molecule has 0 unspecified atom stereocenters. The van der Waals surface area contributed by atoms with E-state index in [0.717, 1.165) is 21.1 Å². The fraction of sp³-hybridized carbons (Fsp3) is 0. The molecule has 0 aliphatic carbocycles. The van der Waals surface area contributed by atoms with Crippen LogP contribution in [0.5, 0.6) is 0 Å². The van der Waals surface area contributed by atoms with Gasteiger partial charge in [0.15, 0.2) is 0 Å². The minimum Gasteiger partial charge on any atom is -0.245 e. The van der Waals surface area contributed by atoms with E-state index in [1.807, 2.05) is 23.2 Å². The number of thiazole rings is 2. The van der Waals surface area contributed by atoms with Gasteiger partial charge in [-0.05, 0) is 72.1 Å².